The van der Waals surface area contributed by atoms with Gasteiger partial charge < -0.3 is 4.74 Å². The van der Waals surface area contributed by atoms with Gasteiger partial charge in [0, 0.05) is 25.3 Å². The minimum absolute atomic E-state index is 0.505. The Balaban J connectivity index is 2.13. The zero-order chi connectivity index (χ0) is 18.6. The van der Waals surface area contributed by atoms with E-state index in [0.29, 0.717) is 0 Å². The number of aromatic nitrogens is 3. The molecule has 0 spiro atoms. The van der Waals surface area contributed by atoms with E-state index in [1.54, 1.807) is 19.5 Å². The number of hydrogen-bond acceptors (Lipinski definition) is 4. The van der Waals surface area contributed by atoms with Crippen LogP contribution in [0.3, 0.4) is 0 Å². The van der Waals surface area contributed by atoms with Crippen molar-refractivity contribution in [1.82, 2.24) is 15.2 Å². The number of hydrogen-bond donors (Lipinski definition) is 1. The molecule has 0 aliphatic rings. The zero-order valence-electron chi connectivity index (χ0n) is 15.5. The Morgan fingerprint density at radius 1 is 1.31 bits per heavy atom. The Labute approximate surface area is 154 Å². The summed E-state index contributed by atoms with van der Waals surface area (Å²) in [6.07, 6.45) is 6.22. The first kappa shape index (κ1) is 18.1. The number of aryl methyl sites for hydroxylation is 1. The van der Waals surface area contributed by atoms with Crippen LogP contribution in [0.2, 0.25) is 0 Å². The van der Waals surface area contributed by atoms with Gasteiger partial charge in [-0.05, 0) is 60.6 Å². The van der Waals surface area contributed by atoms with Crippen LogP contribution in [0.25, 0.3) is 22.2 Å². The summed E-state index contributed by atoms with van der Waals surface area (Å²) >= 11 is 0. The maximum Gasteiger partial charge on any atom is 0.155 e. The molecule has 0 aliphatic heterocycles. The third-order valence-electron chi connectivity index (χ3n) is 5.06. The Morgan fingerprint density at radius 2 is 2.15 bits per heavy atom. The minimum atomic E-state index is -0.505. The van der Waals surface area contributed by atoms with Crippen molar-refractivity contribution in [1.29, 1.82) is 5.26 Å². The van der Waals surface area contributed by atoms with Crippen LogP contribution in [0.1, 0.15) is 37.8 Å². The highest BCUT2D eigenvalue weighted by molar-refractivity contribution is 5.92. The van der Waals surface area contributed by atoms with E-state index in [1.807, 2.05) is 13.0 Å². The average Bonchev–Trinajstić information content (AvgIpc) is 3.16. The monoisotopic (exact) mass is 348 g/mol. The molecule has 0 amide bonds. The fraction of sp³-hybridized carbons (Fsp3) is 0.381. The number of nitrogens with zero attached hydrogens (tertiary/aromatic N) is 3. The molecule has 134 valence electrons. The number of nitriles is 1. The number of rotatable bonds is 7. The summed E-state index contributed by atoms with van der Waals surface area (Å²) in [5.74, 6) is 0. The largest absolute Gasteiger partial charge is 0.385 e. The van der Waals surface area contributed by atoms with E-state index in [-0.39, 0.29) is 0 Å². The molecule has 3 rings (SSSR count). The molecule has 2 aromatic heterocycles. The molecule has 5 nitrogen and oxygen atoms in total. The zero-order valence-corrected chi connectivity index (χ0v) is 15.5. The van der Waals surface area contributed by atoms with Crippen molar-refractivity contribution in [2.75, 3.05) is 13.7 Å². The highest BCUT2D eigenvalue weighted by atomic mass is 16.5. The fourth-order valence-corrected chi connectivity index (χ4v) is 3.18. The van der Waals surface area contributed by atoms with Crippen LogP contribution in [0.5, 0.6) is 0 Å². The standard InChI is InChI=1S/C21H24N4O/c1-4-21(2,14-22)17-11-15(6-5-9-26-3)10-16(12-17)18-7-8-23-20-19(18)13-24-25-20/h7-8,10-13H,4-6,9H2,1-3H3,(H,23,24,25). The molecule has 1 N–H and O–H groups in total. The van der Waals surface area contributed by atoms with E-state index >= 15 is 0 Å². The molecule has 0 aliphatic carbocycles. The van der Waals surface area contributed by atoms with Gasteiger partial charge in [-0.2, -0.15) is 10.4 Å². The van der Waals surface area contributed by atoms with Gasteiger partial charge >= 0.3 is 0 Å². The fourth-order valence-electron chi connectivity index (χ4n) is 3.18. The smallest absolute Gasteiger partial charge is 0.155 e. The lowest BCUT2D eigenvalue weighted by Crippen LogP contribution is -2.18. The Hall–Kier alpha value is -2.71. The highest BCUT2D eigenvalue weighted by Gasteiger charge is 2.25. The van der Waals surface area contributed by atoms with Crippen molar-refractivity contribution in [3.63, 3.8) is 0 Å². The molecule has 1 atom stereocenters. The molecule has 1 aromatic carbocycles. The normalized spacial score (nSPS) is 13.5. The molecule has 1 unspecified atom stereocenters. The van der Waals surface area contributed by atoms with Gasteiger partial charge in [0.1, 0.15) is 0 Å². The minimum Gasteiger partial charge on any atom is -0.385 e. The Morgan fingerprint density at radius 3 is 2.88 bits per heavy atom. The molecule has 2 heterocycles. The second-order valence-electron chi connectivity index (χ2n) is 6.80. The van der Waals surface area contributed by atoms with Crippen molar-refractivity contribution in [3.8, 4) is 17.2 Å². The van der Waals surface area contributed by atoms with E-state index in [2.05, 4.69) is 46.4 Å². The predicted molar refractivity (Wildman–Crippen MR) is 103 cm³/mol. The summed E-state index contributed by atoms with van der Waals surface area (Å²) in [6, 6.07) is 11.0. The predicted octanol–water partition coefficient (Wildman–Crippen LogP) is 4.40. The van der Waals surface area contributed by atoms with Crippen molar-refractivity contribution in [3.05, 3.63) is 47.8 Å². The number of nitrogens with one attached hydrogen (secondary N) is 1. The summed E-state index contributed by atoms with van der Waals surface area (Å²) in [4.78, 5) is 4.33. The summed E-state index contributed by atoms with van der Waals surface area (Å²) in [7, 11) is 1.72. The van der Waals surface area contributed by atoms with E-state index in [1.165, 1.54) is 5.56 Å². The van der Waals surface area contributed by atoms with Gasteiger partial charge in [0.05, 0.1) is 17.7 Å². The number of H-pyrrole nitrogens is 1. The molecule has 3 aromatic rings. The summed E-state index contributed by atoms with van der Waals surface area (Å²) < 4.78 is 5.19. The van der Waals surface area contributed by atoms with Gasteiger partial charge in [-0.15, -0.1) is 0 Å². The molecule has 26 heavy (non-hydrogen) atoms. The van der Waals surface area contributed by atoms with Crippen LogP contribution >= 0.6 is 0 Å². The van der Waals surface area contributed by atoms with E-state index < -0.39 is 5.41 Å². The van der Waals surface area contributed by atoms with Crippen LogP contribution in [0, 0.1) is 11.3 Å². The van der Waals surface area contributed by atoms with Crippen molar-refractivity contribution >= 4 is 11.0 Å². The van der Waals surface area contributed by atoms with Gasteiger partial charge in [0.25, 0.3) is 0 Å². The topological polar surface area (TPSA) is 74.6 Å². The second-order valence-corrected chi connectivity index (χ2v) is 6.80. The maximum absolute atomic E-state index is 9.75. The second kappa shape index (κ2) is 7.67. The number of benzene rings is 1. The third kappa shape index (κ3) is 3.47. The van der Waals surface area contributed by atoms with Crippen molar-refractivity contribution < 1.29 is 4.74 Å². The number of aromatic amines is 1. The summed E-state index contributed by atoms with van der Waals surface area (Å²) in [5, 5.41) is 17.8. The lowest BCUT2D eigenvalue weighted by atomic mass is 9.79. The van der Waals surface area contributed by atoms with Crippen molar-refractivity contribution in [2.24, 2.45) is 0 Å². The number of pyridine rings is 1. The first-order valence-electron chi connectivity index (χ1n) is 8.94. The van der Waals surface area contributed by atoms with Gasteiger partial charge in [-0.1, -0.05) is 19.1 Å². The van der Waals surface area contributed by atoms with Gasteiger partial charge in [-0.25, -0.2) is 4.98 Å². The van der Waals surface area contributed by atoms with Crippen LogP contribution in [-0.4, -0.2) is 28.9 Å². The maximum atomic E-state index is 9.75. The van der Waals surface area contributed by atoms with Crippen LogP contribution in [0.15, 0.2) is 36.7 Å². The SMILES string of the molecule is CCC(C)(C#N)c1cc(CCCOC)cc(-c2ccnc3[nH]ncc23)c1. The van der Waals surface area contributed by atoms with Gasteiger partial charge in [0.15, 0.2) is 5.65 Å². The molecular weight excluding hydrogens is 324 g/mol. The molecule has 0 saturated heterocycles. The Bertz CT molecular complexity index is 941. The third-order valence-corrected chi connectivity index (χ3v) is 5.06. The molecular formula is C21H24N4O. The first-order chi connectivity index (χ1) is 12.6. The van der Waals surface area contributed by atoms with Gasteiger partial charge in [0.2, 0.25) is 0 Å². The lowest BCUT2D eigenvalue weighted by Gasteiger charge is -2.22. The molecule has 0 radical (unpaired) electrons. The van der Waals surface area contributed by atoms with E-state index in [9.17, 15) is 5.26 Å². The Kier molecular flexibility index (Phi) is 5.34. The summed E-state index contributed by atoms with van der Waals surface area (Å²) in [5.41, 5.74) is 4.72. The number of ether oxygens (including phenoxy) is 1. The number of fused-ring (bicyclic) bond motifs is 1. The summed E-state index contributed by atoms with van der Waals surface area (Å²) in [6.45, 7) is 4.79. The van der Waals surface area contributed by atoms with Crippen molar-refractivity contribution in [2.45, 2.75) is 38.5 Å². The molecule has 5 heteroatoms. The highest BCUT2D eigenvalue weighted by Crippen LogP contribution is 2.34. The molecule has 0 saturated carbocycles. The number of methoxy groups -OCH3 is 1. The van der Waals surface area contributed by atoms with Crippen LogP contribution in [0.4, 0.5) is 0 Å². The average molecular weight is 348 g/mol. The molecule has 0 bridgehead atoms. The first-order valence-corrected chi connectivity index (χ1v) is 8.94. The van der Waals surface area contributed by atoms with E-state index in [4.69, 9.17) is 4.74 Å². The van der Waals surface area contributed by atoms with Crippen LogP contribution in [-0.2, 0) is 16.6 Å². The lowest BCUT2D eigenvalue weighted by molar-refractivity contribution is 0.195. The van der Waals surface area contributed by atoms with Gasteiger partial charge in [-0.3, -0.25) is 5.10 Å². The quantitative estimate of drug-likeness (QED) is 0.642. The van der Waals surface area contributed by atoms with E-state index in [0.717, 1.165) is 53.6 Å². The van der Waals surface area contributed by atoms with Crippen LogP contribution < -0.4 is 0 Å². The molecule has 0 fully saturated rings.